The number of amides is 1. The molecular weight excluding hydrogens is 389 g/mol. The molecule has 3 fully saturated rings. The molecule has 3 aliphatic heterocycles. The van der Waals surface area contributed by atoms with E-state index >= 15 is 0 Å². The molecule has 0 aromatic heterocycles. The summed E-state index contributed by atoms with van der Waals surface area (Å²) < 4.78 is 40.3. The number of benzene rings is 1. The minimum Gasteiger partial charge on any atom is -0.481 e. The van der Waals surface area contributed by atoms with E-state index in [1.54, 1.807) is 0 Å². The van der Waals surface area contributed by atoms with E-state index in [-0.39, 0.29) is 29.8 Å². The van der Waals surface area contributed by atoms with Gasteiger partial charge < -0.3 is 15.3 Å². The van der Waals surface area contributed by atoms with Gasteiger partial charge in [-0.1, -0.05) is 0 Å². The number of likely N-dealkylation sites (tertiary alicyclic amines) is 1. The molecule has 0 saturated carbocycles. The summed E-state index contributed by atoms with van der Waals surface area (Å²) in [6.45, 7) is 1.43. The van der Waals surface area contributed by atoms with Crippen molar-refractivity contribution in [1.29, 1.82) is 0 Å². The Hall–Kier alpha value is -2.04. The summed E-state index contributed by atoms with van der Waals surface area (Å²) in [7, 11) is -3.94. The third kappa shape index (κ3) is 2.90. The lowest BCUT2D eigenvalue weighted by Gasteiger charge is -2.28. The average Bonchev–Trinajstić information content (AvgIpc) is 3.35. The summed E-state index contributed by atoms with van der Waals surface area (Å²) in [5.41, 5.74) is -1.01. The van der Waals surface area contributed by atoms with Crippen molar-refractivity contribution in [3.05, 3.63) is 30.1 Å². The van der Waals surface area contributed by atoms with Crippen LogP contribution in [-0.4, -0.2) is 73.4 Å². The summed E-state index contributed by atoms with van der Waals surface area (Å²) in [4.78, 5) is 26.4. The van der Waals surface area contributed by atoms with E-state index in [0.717, 1.165) is 12.1 Å². The van der Waals surface area contributed by atoms with Crippen LogP contribution in [0.2, 0.25) is 0 Å². The van der Waals surface area contributed by atoms with Crippen LogP contribution in [0.15, 0.2) is 29.2 Å². The Morgan fingerprint density at radius 1 is 1.25 bits per heavy atom. The Bertz CT molecular complexity index is 906. The van der Waals surface area contributed by atoms with Crippen molar-refractivity contribution in [3.63, 3.8) is 0 Å². The van der Waals surface area contributed by atoms with E-state index in [1.165, 1.54) is 21.3 Å². The van der Waals surface area contributed by atoms with Crippen LogP contribution in [-0.2, 0) is 19.6 Å². The van der Waals surface area contributed by atoms with Crippen LogP contribution in [0.4, 0.5) is 4.39 Å². The molecule has 0 aliphatic carbocycles. The van der Waals surface area contributed by atoms with Gasteiger partial charge in [-0.2, -0.15) is 4.31 Å². The summed E-state index contributed by atoms with van der Waals surface area (Å²) in [5, 5.41) is 12.8. The molecule has 0 spiro atoms. The molecule has 0 unspecified atom stereocenters. The van der Waals surface area contributed by atoms with E-state index < -0.39 is 33.3 Å². The normalized spacial score (nSPS) is 30.5. The molecule has 2 N–H and O–H groups in total. The number of fused-ring (bicyclic) bond motifs is 1. The minimum absolute atomic E-state index is 0.0573. The summed E-state index contributed by atoms with van der Waals surface area (Å²) in [6, 6.07) is 3.68. The number of nitrogens with zero attached hydrogens (tertiary/aromatic N) is 2. The fraction of sp³-hybridized carbons (Fsp3) is 0.556. The lowest BCUT2D eigenvalue weighted by molar-refractivity contribution is -0.148. The van der Waals surface area contributed by atoms with Gasteiger partial charge >= 0.3 is 5.97 Å². The molecule has 3 atom stereocenters. The van der Waals surface area contributed by atoms with Gasteiger partial charge in [0.15, 0.2) is 0 Å². The highest BCUT2D eigenvalue weighted by atomic mass is 32.2. The molecule has 3 saturated heterocycles. The molecular formula is C18H22FN3O5S. The van der Waals surface area contributed by atoms with Crippen LogP contribution in [0.25, 0.3) is 0 Å². The SMILES string of the molecule is O=C([C@@H]1CCCN1S(=O)(=O)c1ccc(F)cc1)N1C[C@@H]2CNC[C@]2(C(=O)O)C1. The Labute approximate surface area is 162 Å². The van der Waals surface area contributed by atoms with Crippen LogP contribution < -0.4 is 5.32 Å². The van der Waals surface area contributed by atoms with Gasteiger partial charge in [0.1, 0.15) is 17.3 Å². The van der Waals surface area contributed by atoms with Gasteiger partial charge in [0.2, 0.25) is 15.9 Å². The van der Waals surface area contributed by atoms with E-state index in [9.17, 15) is 27.5 Å². The molecule has 0 radical (unpaired) electrons. The number of halogens is 1. The molecule has 3 aliphatic rings. The van der Waals surface area contributed by atoms with Gasteiger partial charge in [0.05, 0.1) is 4.90 Å². The van der Waals surface area contributed by atoms with Crippen molar-refractivity contribution in [2.75, 3.05) is 32.7 Å². The molecule has 10 heteroatoms. The van der Waals surface area contributed by atoms with Crippen LogP contribution in [0.1, 0.15) is 12.8 Å². The summed E-state index contributed by atoms with van der Waals surface area (Å²) in [5.74, 6) is -2.00. The topological polar surface area (TPSA) is 107 Å². The van der Waals surface area contributed by atoms with Gasteiger partial charge in [-0.25, -0.2) is 12.8 Å². The second-order valence-corrected chi connectivity index (χ2v) is 9.63. The Morgan fingerprint density at radius 3 is 2.61 bits per heavy atom. The van der Waals surface area contributed by atoms with E-state index in [1.807, 2.05) is 0 Å². The first kappa shape index (κ1) is 19.3. The van der Waals surface area contributed by atoms with Crippen molar-refractivity contribution in [1.82, 2.24) is 14.5 Å². The number of carboxylic acids is 1. The number of aliphatic carboxylic acids is 1. The third-order valence-corrected chi connectivity index (χ3v) is 8.10. The smallest absolute Gasteiger partial charge is 0.313 e. The molecule has 1 aromatic carbocycles. The predicted molar refractivity (Wildman–Crippen MR) is 96.3 cm³/mol. The zero-order valence-corrected chi connectivity index (χ0v) is 16.0. The molecule has 3 heterocycles. The number of sulfonamides is 1. The predicted octanol–water partition coefficient (Wildman–Crippen LogP) is 0.111. The van der Waals surface area contributed by atoms with Crippen LogP contribution in [0.5, 0.6) is 0 Å². The molecule has 8 nitrogen and oxygen atoms in total. The monoisotopic (exact) mass is 411 g/mol. The second-order valence-electron chi connectivity index (χ2n) is 7.74. The van der Waals surface area contributed by atoms with Gasteiger partial charge in [0.25, 0.3) is 0 Å². The van der Waals surface area contributed by atoms with Crippen LogP contribution in [0.3, 0.4) is 0 Å². The van der Waals surface area contributed by atoms with E-state index in [4.69, 9.17) is 0 Å². The van der Waals surface area contributed by atoms with Gasteiger partial charge in [-0.15, -0.1) is 0 Å². The van der Waals surface area contributed by atoms with Gasteiger partial charge in [-0.05, 0) is 37.1 Å². The zero-order chi connectivity index (χ0) is 20.1. The molecule has 0 bridgehead atoms. The van der Waals surface area contributed by atoms with Crippen molar-refractivity contribution in [3.8, 4) is 0 Å². The maximum absolute atomic E-state index is 13.2. The molecule has 152 valence electrons. The highest BCUT2D eigenvalue weighted by Gasteiger charge is 2.57. The number of nitrogens with one attached hydrogen (secondary N) is 1. The second kappa shape index (κ2) is 6.78. The van der Waals surface area contributed by atoms with Crippen molar-refractivity contribution < 1.29 is 27.5 Å². The lowest BCUT2D eigenvalue weighted by atomic mass is 9.81. The fourth-order valence-corrected chi connectivity index (χ4v) is 6.27. The van der Waals surface area contributed by atoms with Crippen molar-refractivity contribution >= 4 is 21.9 Å². The molecule has 1 aromatic rings. The van der Waals surface area contributed by atoms with E-state index in [2.05, 4.69) is 5.32 Å². The quantitative estimate of drug-likeness (QED) is 0.729. The summed E-state index contributed by atoms with van der Waals surface area (Å²) >= 11 is 0. The zero-order valence-electron chi connectivity index (χ0n) is 15.2. The maximum atomic E-state index is 13.2. The van der Waals surface area contributed by atoms with Gasteiger partial charge in [0, 0.05) is 38.6 Å². The number of hydrogen-bond donors (Lipinski definition) is 2. The standard InChI is InChI=1S/C18H22FN3O5S/c19-13-3-5-14(6-4-13)28(26,27)22-7-1-2-15(22)16(23)21-9-12-8-20-10-18(12,11-21)17(24)25/h3-6,12,15,20H,1-2,7-11H2,(H,24,25)/t12-,15-,18-/m0/s1. The highest BCUT2D eigenvalue weighted by Crippen LogP contribution is 2.40. The number of carbonyl (C=O) groups is 2. The lowest BCUT2D eigenvalue weighted by Crippen LogP contribution is -2.48. The molecule has 4 rings (SSSR count). The Kier molecular flexibility index (Phi) is 4.67. The summed E-state index contributed by atoms with van der Waals surface area (Å²) in [6.07, 6.45) is 0.929. The van der Waals surface area contributed by atoms with Crippen molar-refractivity contribution in [2.45, 2.75) is 23.8 Å². The number of rotatable bonds is 4. The average molecular weight is 411 g/mol. The maximum Gasteiger partial charge on any atom is 0.313 e. The van der Waals surface area contributed by atoms with Crippen molar-refractivity contribution in [2.24, 2.45) is 11.3 Å². The van der Waals surface area contributed by atoms with Gasteiger partial charge in [-0.3, -0.25) is 9.59 Å². The first-order valence-corrected chi connectivity index (χ1v) is 10.7. The Morgan fingerprint density at radius 2 is 1.96 bits per heavy atom. The number of carbonyl (C=O) groups excluding carboxylic acids is 1. The first-order valence-electron chi connectivity index (χ1n) is 9.26. The number of hydrogen-bond acceptors (Lipinski definition) is 5. The third-order valence-electron chi connectivity index (χ3n) is 6.17. The Balaban J connectivity index is 1.56. The first-order chi connectivity index (χ1) is 13.3. The van der Waals surface area contributed by atoms with E-state index in [0.29, 0.717) is 32.5 Å². The minimum atomic E-state index is -3.94. The fourth-order valence-electron chi connectivity index (χ4n) is 4.62. The highest BCUT2D eigenvalue weighted by molar-refractivity contribution is 7.89. The number of carboxylic acid groups (broad SMARTS) is 1. The van der Waals surface area contributed by atoms with Crippen LogP contribution in [0, 0.1) is 17.2 Å². The molecule has 28 heavy (non-hydrogen) atoms. The molecule has 1 amide bonds. The largest absolute Gasteiger partial charge is 0.481 e. The van der Waals surface area contributed by atoms with Crippen LogP contribution >= 0.6 is 0 Å².